The number of carbonyl (C=O) groups is 1. The maximum atomic E-state index is 14.2. The molecule has 0 spiro atoms. The fraction of sp³-hybridized carbons (Fsp3) is 0.367. The van der Waals surface area contributed by atoms with Crippen LogP contribution < -0.4 is 5.32 Å². The third-order valence-corrected chi connectivity index (χ3v) is 8.11. The Hall–Kier alpha value is -3.12. The molecular weight excluding hydrogens is 468 g/mol. The van der Waals surface area contributed by atoms with Crippen LogP contribution in [0.4, 0.5) is 0 Å². The molecule has 1 fully saturated rings. The third-order valence-electron chi connectivity index (χ3n) is 6.40. The standard InChI is InChI=1S/C30H38N2O3S/c1-5-14-27(21-23(2)3)32(36(34,35)22-25-16-8-6-9-17-25)29(28-20-13-12-15-24(28)4)30(33)31-26-18-10-7-11-19-26/h5-6,8-9,12-17,20-21,26,29H,2,7,10-11,18-19,22H2,1,3-4H3,(H,31,33)/b14-5-,27-21+. The first-order chi connectivity index (χ1) is 17.2. The molecule has 192 valence electrons. The molecule has 36 heavy (non-hydrogen) atoms. The van der Waals surface area contributed by atoms with Crippen molar-refractivity contribution in [3.8, 4) is 0 Å². The zero-order valence-electron chi connectivity index (χ0n) is 21.6. The Balaban J connectivity index is 2.19. The van der Waals surface area contributed by atoms with Gasteiger partial charge in [-0.15, -0.1) is 0 Å². The number of carbonyl (C=O) groups excluding carboxylic acids is 1. The monoisotopic (exact) mass is 506 g/mol. The van der Waals surface area contributed by atoms with Crippen molar-refractivity contribution in [1.29, 1.82) is 0 Å². The number of hydrogen-bond acceptors (Lipinski definition) is 3. The number of amides is 1. The van der Waals surface area contributed by atoms with Crippen molar-refractivity contribution in [3.63, 3.8) is 0 Å². The van der Waals surface area contributed by atoms with E-state index in [9.17, 15) is 13.2 Å². The topological polar surface area (TPSA) is 66.5 Å². The zero-order chi connectivity index (χ0) is 26.1. The van der Waals surface area contributed by atoms with Crippen LogP contribution in [0.5, 0.6) is 0 Å². The molecule has 1 aliphatic rings. The molecule has 2 aromatic rings. The number of rotatable bonds is 10. The molecule has 1 unspecified atom stereocenters. The van der Waals surface area contributed by atoms with Crippen LogP contribution in [-0.4, -0.2) is 24.7 Å². The highest BCUT2D eigenvalue weighted by molar-refractivity contribution is 7.88. The average Bonchev–Trinajstić information content (AvgIpc) is 2.83. The van der Waals surface area contributed by atoms with E-state index >= 15 is 0 Å². The fourth-order valence-corrected chi connectivity index (χ4v) is 6.45. The van der Waals surface area contributed by atoms with E-state index in [1.165, 1.54) is 4.31 Å². The van der Waals surface area contributed by atoms with E-state index in [0.29, 0.717) is 22.4 Å². The zero-order valence-corrected chi connectivity index (χ0v) is 22.4. The lowest BCUT2D eigenvalue weighted by atomic mass is 9.94. The number of nitrogens with one attached hydrogen (secondary N) is 1. The summed E-state index contributed by atoms with van der Waals surface area (Å²) in [4.78, 5) is 14.0. The molecule has 3 rings (SSSR count). The van der Waals surface area contributed by atoms with Gasteiger partial charge in [0.25, 0.3) is 0 Å². The lowest BCUT2D eigenvalue weighted by Gasteiger charge is -2.35. The van der Waals surface area contributed by atoms with E-state index in [4.69, 9.17) is 0 Å². The van der Waals surface area contributed by atoms with E-state index in [1.807, 2.05) is 63.2 Å². The first kappa shape index (κ1) is 27.5. The predicted octanol–water partition coefficient (Wildman–Crippen LogP) is 6.35. The van der Waals surface area contributed by atoms with Gasteiger partial charge in [-0.1, -0.05) is 92.1 Å². The minimum absolute atomic E-state index is 0.0479. The summed E-state index contributed by atoms with van der Waals surface area (Å²) in [6, 6.07) is 15.6. The molecule has 1 saturated carbocycles. The number of aryl methyl sites for hydroxylation is 1. The smallest absolute Gasteiger partial charge is 0.248 e. The van der Waals surface area contributed by atoms with Crippen LogP contribution in [0.3, 0.4) is 0 Å². The highest BCUT2D eigenvalue weighted by Crippen LogP contribution is 2.34. The van der Waals surface area contributed by atoms with Gasteiger partial charge >= 0.3 is 0 Å². The lowest BCUT2D eigenvalue weighted by Crippen LogP contribution is -2.47. The van der Waals surface area contributed by atoms with Crippen molar-refractivity contribution in [2.24, 2.45) is 0 Å². The first-order valence-electron chi connectivity index (χ1n) is 12.6. The third kappa shape index (κ3) is 7.20. The van der Waals surface area contributed by atoms with Crippen molar-refractivity contribution in [3.05, 3.63) is 107 Å². The van der Waals surface area contributed by atoms with Gasteiger partial charge in [-0.25, -0.2) is 8.42 Å². The molecule has 5 nitrogen and oxygen atoms in total. The van der Waals surface area contributed by atoms with E-state index in [2.05, 4.69) is 11.9 Å². The van der Waals surface area contributed by atoms with Crippen molar-refractivity contribution >= 4 is 15.9 Å². The second-order valence-corrected chi connectivity index (χ2v) is 11.4. The van der Waals surface area contributed by atoms with Gasteiger partial charge in [0, 0.05) is 6.04 Å². The number of hydrogen-bond donors (Lipinski definition) is 1. The quantitative estimate of drug-likeness (QED) is 0.382. The summed E-state index contributed by atoms with van der Waals surface area (Å²) in [6.07, 6.45) is 10.4. The van der Waals surface area contributed by atoms with Gasteiger partial charge in [0.2, 0.25) is 15.9 Å². The maximum Gasteiger partial charge on any atom is 0.248 e. The van der Waals surface area contributed by atoms with E-state index in [0.717, 1.165) is 37.7 Å². The molecule has 1 N–H and O–H groups in total. The van der Waals surface area contributed by atoms with Crippen molar-refractivity contribution in [2.75, 3.05) is 0 Å². The number of allylic oxidation sites excluding steroid dienone is 4. The van der Waals surface area contributed by atoms with Gasteiger partial charge in [0.05, 0.1) is 11.4 Å². The van der Waals surface area contributed by atoms with Crippen LogP contribution in [0.25, 0.3) is 0 Å². The summed E-state index contributed by atoms with van der Waals surface area (Å²) < 4.78 is 29.6. The predicted molar refractivity (Wildman–Crippen MR) is 148 cm³/mol. The normalized spacial score (nSPS) is 16.0. The molecule has 2 aromatic carbocycles. The molecule has 0 saturated heterocycles. The molecule has 0 heterocycles. The van der Waals surface area contributed by atoms with Crippen LogP contribution >= 0.6 is 0 Å². The molecule has 1 atom stereocenters. The van der Waals surface area contributed by atoms with Crippen LogP contribution in [0.15, 0.2) is 90.7 Å². The van der Waals surface area contributed by atoms with Crippen molar-refractivity contribution < 1.29 is 13.2 Å². The number of benzene rings is 2. The second kappa shape index (κ2) is 12.7. The Morgan fingerprint density at radius 3 is 2.33 bits per heavy atom. The summed E-state index contributed by atoms with van der Waals surface area (Å²) in [5.41, 5.74) is 3.29. The lowest BCUT2D eigenvalue weighted by molar-refractivity contribution is -0.125. The van der Waals surface area contributed by atoms with E-state index < -0.39 is 16.1 Å². The Morgan fingerprint density at radius 1 is 1.08 bits per heavy atom. The van der Waals surface area contributed by atoms with Gasteiger partial charge < -0.3 is 5.32 Å². The number of sulfonamides is 1. The molecule has 0 bridgehead atoms. The van der Waals surface area contributed by atoms with Crippen LogP contribution in [0.1, 0.15) is 68.7 Å². The Kier molecular flexibility index (Phi) is 9.71. The Morgan fingerprint density at radius 2 is 1.72 bits per heavy atom. The molecule has 1 aliphatic carbocycles. The Bertz CT molecular complexity index is 1210. The van der Waals surface area contributed by atoms with Gasteiger partial charge in [-0.05, 0) is 62.5 Å². The van der Waals surface area contributed by atoms with Crippen LogP contribution in [-0.2, 0) is 20.6 Å². The molecule has 0 aromatic heterocycles. The molecular formula is C30H38N2O3S. The van der Waals surface area contributed by atoms with Crippen molar-refractivity contribution in [2.45, 2.75) is 70.7 Å². The summed E-state index contributed by atoms with van der Waals surface area (Å²) in [5.74, 6) is -0.525. The van der Waals surface area contributed by atoms with Crippen LogP contribution in [0.2, 0.25) is 0 Å². The summed E-state index contributed by atoms with van der Waals surface area (Å²) in [6.45, 7) is 9.54. The average molecular weight is 507 g/mol. The minimum atomic E-state index is -3.98. The van der Waals surface area contributed by atoms with E-state index in [-0.39, 0.29) is 17.7 Å². The molecule has 6 heteroatoms. The molecule has 0 aliphatic heterocycles. The highest BCUT2D eigenvalue weighted by Gasteiger charge is 2.38. The SMILES string of the molecule is C=C(C)/C=C(\C=C/C)N(C(C(=O)NC1CCCCC1)c1ccccc1C)S(=O)(=O)Cc1ccccc1. The molecule has 0 radical (unpaired) electrons. The van der Waals surface area contributed by atoms with E-state index in [1.54, 1.807) is 30.4 Å². The highest BCUT2D eigenvalue weighted by atomic mass is 32.2. The van der Waals surface area contributed by atoms with Crippen molar-refractivity contribution in [1.82, 2.24) is 9.62 Å². The van der Waals surface area contributed by atoms with Gasteiger partial charge in [-0.3, -0.25) is 9.10 Å². The summed E-state index contributed by atoms with van der Waals surface area (Å²) >= 11 is 0. The fourth-order valence-electron chi connectivity index (χ4n) is 4.73. The minimum Gasteiger partial charge on any atom is -0.351 e. The largest absolute Gasteiger partial charge is 0.351 e. The van der Waals surface area contributed by atoms with Gasteiger partial charge in [0.1, 0.15) is 6.04 Å². The number of nitrogens with zero attached hydrogens (tertiary/aromatic N) is 1. The molecule has 1 amide bonds. The summed E-state index contributed by atoms with van der Waals surface area (Å²) in [5, 5.41) is 3.19. The summed E-state index contributed by atoms with van der Waals surface area (Å²) in [7, 11) is -3.98. The Labute approximate surface area is 216 Å². The first-order valence-corrected chi connectivity index (χ1v) is 14.3. The second-order valence-electron chi connectivity index (χ2n) is 9.56. The van der Waals surface area contributed by atoms with Crippen LogP contribution in [0, 0.1) is 6.92 Å². The maximum absolute atomic E-state index is 14.2. The van der Waals surface area contributed by atoms with Gasteiger partial charge in [0.15, 0.2) is 0 Å². The van der Waals surface area contributed by atoms with Gasteiger partial charge in [-0.2, -0.15) is 0 Å².